The highest BCUT2D eigenvalue weighted by atomic mass is 15.0. The summed E-state index contributed by atoms with van der Waals surface area (Å²) in [5, 5.41) is 0. The molecule has 1 aromatic rings. The minimum atomic E-state index is 0.712. The third-order valence-electron chi connectivity index (χ3n) is 2.54. The molecule has 1 aromatic carbocycles. The van der Waals surface area contributed by atoms with Crippen molar-refractivity contribution in [3.05, 3.63) is 35.9 Å². The zero-order valence-electron chi connectivity index (χ0n) is 7.24. The van der Waals surface area contributed by atoms with E-state index in [1.54, 1.807) is 0 Å². The predicted octanol–water partition coefficient (Wildman–Crippen LogP) is 1.89. The molecule has 1 aliphatic heterocycles. The first-order valence-corrected chi connectivity index (χ1v) is 4.46. The summed E-state index contributed by atoms with van der Waals surface area (Å²) in [6.07, 6.45) is 1.26. The fraction of sp³-hybridized carbons (Fsp3) is 0.364. The van der Waals surface area contributed by atoms with Gasteiger partial charge in [0.1, 0.15) is 19.8 Å². The Balaban J connectivity index is 2.16. The van der Waals surface area contributed by atoms with Crippen LogP contribution >= 0.6 is 0 Å². The third-order valence-corrected chi connectivity index (χ3v) is 2.54. The van der Waals surface area contributed by atoms with Gasteiger partial charge in [-0.1, -0.05) is 30.3 Å². The van der Waals surface area contributed by atoms with Crippen LogP contribution in [-0.2, 0) is 0 Å². The second-order valence-corrected chi connectivity index (χ2v) is 3.47. The molecule has 2 rings (SSSR count). The first kappa shape index (κ1) is 7.53. The Hall–Kier alpha value is -1.11. The molecule has 1 heterocycles. The fourth-order valence-electron chi connectivity index (χ4n) is 1.83. The molecule has 0 amide bonds. The van der Waals surface area contributed by atoms with Crippen LogP contribution in [0.4, 0.5) is 0 Å². The molecule has 1 atom stereocenters. The van der Waals surface area contributed by atoms with Gasteiger partial charge in [0.15, 0.2) is 0 Å². The quantitative estimate of drug-likeness (QED) is 0.552. The molecule has 12 heavy (non-hydrogen) atoms. The van der Waals surface area contributed by atoms with Gasteiger partial charge in [-0.05, 0) is 5.56 Å². The first-order valence-electron chi connectivity index (χ1n) is 4.46. The van der Waals surface area contributed by atoms with Crippen LogP contribution in [0.1, 0.15) is 17.9 Å². The smallest absolute Gasteiger partial charge is 0.149 e. The Morgan fingerprint density at radius 3 is 2.58 bits per heavy atom. The fourth-order valence-corrected chi connectivity index (χ4v) is 1.83. The third kappa shape index (κ3) is 1.40. The zero-order valence-corrected chi connectivity index (χ0v) is 7.24. The summed E-state index contributed by atoms with van der Waals surface area (Å²) in [5.74, 6) is 0.712. The van der Waals surface area contributed by atoms with Crippen LogP contribution in [-0.4, -0.2) is 24.4 Å². The van der Waals surface area contributed by atoms with Gasteiger partial charge in [-0.3, -0.25) is 0 Å². The summed E-state index contributed by atoms with van der Waals surface area (Å²) in [5.41, 5.74) is 1.46. The van der Waals surface area contributed by atoms with Crippen LogP contribution in [0.15, 0.2) is 30.3 Å². The van der Waals surface area contributed by atoms with E-state index in [1.165, 1.54) is 12.0 Å². The Kier molecular flexibility index (Phi) is 1.94. The van der Waals surface area contributed by atoms with Crippen molar-refractivity contribution in [3.63, 3.8) is 0 Å². The Bertz CT molecular complexity index is 276. The van der Waals surface area contributed by atoms with Crippen LogP contribution in [0.5, 0.6) is 0 Å². The van der Waals surface area contributed by atoms with Crippen molar-refractivity contribution in [1.29, 1.82) is 0 Å². The van der Waals surface area contributed by atoms with Crippen LogP contribution in [0.2, 0.25) is 0 Å². The van der Waals surface area contributed by atoms with Crippen LogP contribution in [0, 0.1) is 0 Å². The molecule has 0 spiro atoms. The van der Waals surface area contributed by atoms with Crippen molar-refractivity contribution in [3.8, 4) is 0 Å². The molecule has 1 nitrogen and oxygen atoms in total. The highest BCUT2D eigenvalue weighted by Gasteiger charge is 2.24. The van der Waals surface area contributed by atoms with Gasteiger partial charge >= 0.3 is 0 Å². The van der Waals surface area contributed by atoms with Gasteiger partial charge in [-0.15, -0.1) is 0 Å². The summed E-state index contributed by atoms with van der Waals surface area (Å²) in [4.78, 5) is 0. The summed E-state index contributed by atoms with van der Waals surface area (Å²) >= 11 is 0. The average molecular weight is 160 g/mol. The van der Waals surface area contributed by atoms with E-state index in [2.05, 4.69) is 41.6 Å². The second kappa shape index (κ2) is 3.10. The maximum Gasteiger partial charge on any atom is 0.149 e. The lowest BCUT2D eigenvalue weighted by molar-refractivity contribution is -0.498. The molecule has 62 valence electrons. The maximum atomic E-state index is 3.95. The number of nitrogens with zero attached hydrogens (tertiary/aromatic N) is 1. The lowest BCUT2D eigenvalue weighted by atomic mass is 9.99. The molecule has 0 bridgehead atoms. The monoisotopic (exact) mass is 160 g/mol. The van der Waals surface area contributed by atoms with Gasteiger partial charge < -0.3 is 0 Å². The van der Waals surface area contributed by atoms with Gasteiger partial charge in [0.05, 0.1) is 0 Å². The summed E-state index contributed by atoms with van der Waals surface area (Å²) in [7, 11) is 0. The standard InChI is InChI=1S/C11H14N/c1-12-8-7-11(9-12)10-5-3-2-4-6-10/h2-6,11H,1,7-9H2/q+1. The summed E-state index contributed by atoms with van der Waals surface area (Å²) in [6, 6.07) is 10.7. The summed E-state index contributed by atoms with van der Waals surface area (Å²) in [6.45, 7) is 6.20. The first-order chi connectivity index (χ1) is 5.86. The highest BCUT2D eigenvalue weighted by Crippen LogP contribution is 2.23. The molecule has 0 radical (unpaired) electrons. The molecule has 0 aromatic heterocycles. The lowest BCUT2D eigenvalue weighted by Gasteiger charge is -2.03. The van der Waals surface area contributed by atoms with Crippen molar-refractivity contribution in [2.45, 2.75) is 12.3 Å². The number of rotatable bonds is 1. The molecule has 1 saturated heterocycles. The SMILES string of the molecule is C=[N+]1CCC(c2ccccc2)C1. The Morgan fingerprint density at radius 2 is 2.00 bits per heavy atom. The Labute approximate surface area is 73.4 Å². The zero-order chi connectivity index (χ0) is 8.39. The van der Waals surface area contributed by atoms with E-state index in [0.29, 0.717) is 5.92 Å². The normalized spacial score (nSPS) is 23.0. The van der Waals surface area contributed by atoms with Crippen LogP contribution < -0.4 is 0 Å². The Morgan fingerprint density at radius 1 is 1.25 bits per heavy atom. The van der Waals surface area contributed by atoms with Gasteiger partial charge in [-0.2, -0.15) is 0 Å². The number of hydrogen-bond acceptors (Lipinski definition) is 0. The molecule has 1 aliphatic rings. The minimum Gasteiger partial charge on any atom is -0.242 e. The molecule has 1 fully saturated rings. The van der Waals surface area contributed by atoms with Gasteiger partial charge in [0.25, 0.3) is 0 Å². The maximum absolute atomic E-state index is 3.95. The van der Waals surface area contributed by atoms with E-state index >= 15 is 0 Å². The number of benzene rings is 1. The largest absolute Gasteiger partial charge is 0.242 e. The van der Waals surface area contributed by atoms with Crippen molar-refractivity contribution in [1.82, 2.24) is 0 Å². The summed E-state index contributed by atoms with van der Waals surface area (Å²) < 4.78 is 2.15. The van der Waals surface area contributed by atoms with Crippen molar-refractivity contribution < 1.29 is 4.58 Å². The average Bonchev–Trinajstić information content (AvgIpc) is 2.54. The van der Waals surface area contributed by atoms with Crippen LogP contribution in [0.3, 0.4) is 0 Å². The van der Waals surface area contributed by atoms with Crippen LogP contribution in [0.25, 0.3) is 0 Å². The highest BCUT2D eigenvalue weighted by molar-refractivity contribution is 5.21. The molecule has 1 heteroatoms. The number of hydrogen-bond donors (Lipinski definition) is 0. The second-order valence-electron chi connectivity index (χ2n) is 3.47. The molecule has 0 saturated carbocycles. The molecule has 0 aliphatic carbocycles. The van der Waals surface area contributed by atoms with E-state index in [-0.39, 0.29) is 0 Å². The van der Waals surface area contributed by atoms with Gasteiger partial charge in [0.2, 0.25) is 0 Å². The minimum absolute atomic E-state index is 0.712. The van der Waals surface area contributed by atoms with E-state index in [1.807, 2.05) is 0 Å². The van der Waals surface area contributed by atoms with Gasteiger partial charge in [-0.25, -0.2) is 4.58 Å². The predicted molar refractivity (Wildman–Crippen MR) is 50.9 cm³/mol. The van der Waals surface area contributed by atoms with E-state index < -0.39 is 0 Å². The molecular formula is C11H14N+. The lowest BCUT2D eigenvalue weighted by Crippen LogP contribution is -2.04. The van der Waals surface area contributed by atoms with E-state index in [9.17, 15) is 0 Å². The van der Waals surface area contributed by atoms with Crippen molar-refractivity contribution in [2.24, 2.45) is 0 Å². The van der Waals surface area contributed by atoms with Gasteiger partial charge in [0, 0.05) is 12.3 Å². The topological polar surface area (TPSA) is 3.01 Å². The van der Waals surface area contributed by atoms with Crippen molar-refractivity contribution >= 4 is 6.72 Å². The molecule has 1 unspecified atom stereocenters. The molecular weight excluding hydrogens is 146 g/mol. The molecule has 0 N–H and O–H groups in total. The van der Waals surface area contributed by atoms with Crippen molar-refractivity contribution in [2.75, 3.05) is 13.1 Å². The van der Waals surface area contributed by atoms with E-state index in [0.717, 1.165) is 13.1 Å². The van der Waals surface area contributed by atoms with E-state index in [4.69, 9.17) is 0 Å².